The Hall–Kier alpha value is -1.30. The lowest BCUT2D eigenvalue weighted by atomic mass is 9.87. The Kier molecular flexibility index (Phi) is 4.45. The van der Waals surface area contributed by atoms with Gasteiger partial charge < -0.3 is 9.88 Å². The van der Waals surface area contributed by atoms with Gasteiger partial charge in [-0.05, 0) is 18.5 Å². The highest BCUT2D eigenvalue weighted by Gasteiger charge is 2.31. The van der Waals surface area contributed by atoms with Crippen LogP contribution in [0.3, 0.4) is 0 Å². The third kappa shape index (κ3) is 4.09. The second kappa shape index (κ2) is 5.36. The predicted octanol–water partition coefficient (Wildman–Crippen LogP) is 2.50. The van der Waals surface area contributed by atoms with E-state index in [4.69, 9.17) is 0 Å². The fourth-order valence-electron chi connectivity index (χ4n) is 1.84. The van der Waals surface area contributed by atoms with Crippen molar-refractivity contribution in [2.45, 2.75) is 39.5 Å². The second-order valence-corrected chi connectivity index (χ2v) is 5.61. The van der Waals surface area contributed by atoms with Gasteiger partial charge in [-0.25, -0.2) is 0 Å². The molecule has 3 nitrogen and oxygen atoms in total. The Bertz CT molecular complexity index is 486. The van der Waals surface area contributed by atoms with Gasteiger partial charge in [0.1, 0.15) is 0 Å². The summed E-state index contributed by atoms with van der Waals surface area (Å²) in [7, 11) is 1.73. The van der Waals surface area contributed by atoms with Crippen LogP contribution in [0, 0.1) is 5.41 Å². The number of likely N-dealkylation sites (N-methyl/N-ethyl adjacent to an activating group) is 1. The molecule has 1 N–H and O–H groups in total. The standard InChI is InChI=1S/C13H19F3N2O/c1-12(2,3)10(17-4)8-18-7-9(13(14,15)16)5-6-11(18)19/h5-7,10,17H,8H2,1-4H3. The molecule has 0 bridgehead atoms. The van der Waals surface area contributed by atoms with Crippen molar-refractivity contribution in [2.75, 3.05) is 7.05 Å². The van der Waals surface area contributed by atoms with E-state index in [-0.39, 0.29) is 18.0 Å². The summed E-state index contributed by atoms with van der Waals surface area (Å²) in [4.78, 5) is 11.6. The molecule has 19 heavy (non-hydrogen) atoms. The summed E-state index contributed by atoms with van der Waals surface area (Å²) in [6.07, 6.45) is -3.56. The van der Waals surface area contributed by atoms with Crippen LogP contribution in [0.1, 0.15) is 26.3 Å². The van der Waals surface area contributed by atoms with Crippen LogP contribution in [0.4, 0.5) is 13.2 Å². The molecule has 0 aliphatic heterocycles. The van der Waals surface area contributed by atoms with Crippen molar-refractivity contribution >= 4 is 0 Å². The van der Waals surface area contributed by atoms with E-state index in [1.54, 1.807) is 7.05 Å². The summed E-state index contributed by atoms with van der Waals surface area (Å²) in [5.41, 5.74) is -1.41. The van der Waals surface area contributed by atoms with Crippen molar-refractivity contribution in [1.82, 2.24) is 9.88 Å². The molecule has 0 radical (unpaired) electrons. The van der Waals surface area contributed by atoms with E-state index >= 15 is 0 Å². The van der Waals surface area contributed by atoms with Crippen LogP contribution in [0.5, 0.6) is 0 Å². The van der Waals surface area contributed by atoms with Gasteiger partial charge in [0.15, 0.2) is 0 Å². The molecule has 1 aromatic rings. The molecule has 0 aliphatic carbocycles. The van der Waals surface area contributed by atoms with Crippen molar-refractivity contribution in [3.63, 3.8) is 0 Å². The molecule has 1 unspecified atom stereocenters. The molecule has 0 aromatic carbocycles. The van der Waals surface area contributed by atoms with Crippen LogP contribution in [0.2, 0.25) is 0 Å². The largest absolute Gasteiger partial charge is 0.417 e. The van der Waals surface area contributed by atoms with Gasteiger partial charge >= 0.3 is 6.18 Å². The first-order chi connectivity index (χ1) is 8.55. The zero-order valence-corrected chi connectivity index (χ0v) is 11.5. The monoisotopic (exact) mass is 276 g/mol. The van der Waals surface area contributed by atoms with Crippen LogP contribution in [-0.4, -0.2) is 17.7 Å². The summed E-state index contributed by atoms with van der Waals surface area (Å²) in [5, 5.41) is 3.03. The maximum atomic E-state index is 12.6. The number of hydrogen-bond acceptors (Lipinski definition) is 2. The Morgan fingerprint density at radius 1 is 1.26 bits per heavy atom. The van der Waals surface area contributed by atoms with Gasteiger partial charge in [-0.3, -0.25) is 4.79 Å². The number of hydrogen-bond donors (Lipinski definition) is 1. The molecule has 0 fully saturated rings. The maximum Gasteiger partial charge on any atom is 0.417 e. The zero-order chi connectivity index (χ0) is 14.8. The van der Waals surface area contributed by atoms with Gasteiger partial charge in [-0.1, -0.05) is 20.8 Å². The first-order valence-electron chi connectivity index (χ1n) is 6.00. The highest BCUT2D eigenvalue weighted by Crippen LogP contribution is 2.28. The summed E-state index contributed by atoms with van der Waals surface area (Å²) < 4.78 is 39.0. The fraction of sp³-hybridized carbons (Fsp3) is 0.615. The minimum absolute atomic E-state index is 0.103. The number of nitrogens with one attached hydrogen (secondary N) is 1. The van der Waals surface area contributed by atoms with Crippen LogP contribution in [0.15, 0.2) is 23.1 Å². The van der Waals surface area contributed by atoms with E-state index in [2.05, 4.69) is 5.32 Å². The van der Waals surface area contributed by atoms with E-state index in [0.29, 0.717) is 0 Å². The SMILES string of the molecule is CNC(Cn1cc(C(F)(F)F)ccc1=O)C(C)(C)C. The van der Waals surface area contributed by atoms with Crippen molar-refractivity contribution in [3.8, 4) is 0 Å². The molecule has 1 heterocycles. The molecule has 0 spiro atoms. The van der Waals surface area contributed by atoms with Gasteiger partial charge in [-0.2, -0.15) is 13.2 Å². The Morgan fingerprint density at radius 2 is 1.84 bits per heavy atom. The molecule has 6 heteroatoms. The number of pyridine rings is 1. The molecular weight excluding hydrogens is 257 g/mol. The predicted molar refractivity (Wildman–Crippen MR) is 68.0 cm³/mol. The highest BCUT2D eigenvalue weighted by molar-refractivity contribution is 5.13. The van der Waals surface area contributed by atoms with Crippen molar-refractivity contribution in [3.05, 3.63) is 34.2 Å². The highest BCUT2D eigenvalue weighted by atomic mass is 19.4. The summed E-state index contributed by atoms with van der Waals surface area (Å²) >= 11 is 0. The van der Waals surface area contributed by atoms with E-state index < -0.39 is 17.3 Å². The number of aromatic nitrogens is 1. The van der Waals surface area contributed by atoms with E-state index in [1.807, 2.05) is 20.8 Å². The van der Waals surface area contributed by atoms with E-state index in [0.717, 1.165) is 22.9 Å². The molecule has 108 valence electrons. The quantitative estimate of drug-likeness (QED) is 0.920. The third-order valence-electron chi connectivity index (χ3n) is 3.08. The molecule has 0 saturated heterocycles. The first-order valence-corrected chi connectivity index (χ1v) is 6.00. The van der Waals surface area contributed by atoms with Crippen molar-refractivity contribution < 1.29 is 13.2 Å². The molecular formula is C13H19F3N2O. The van der Waals surface area contributed by atoms with Gasteiger partial charge in [0, 0.05) is 24.8 Å². The second-order valence-electron chi connectivity index (χ2n) is 5.61. The average molecular weight is 276 g/mol. The molecule has 1 aromatic heterocycles. The van der Waals surface area contributed by atoms with Crippen LogP contribution >= 0.6 is 0 Å². The lowest BCUT2D eigenvalue weighted by Crippen LogP contribution is -2.43. The normalized spacial score (nSPS) is 14.5. The summed E-state index contributed by atoms with van der Waals surface area (Å²) in [6.45, 7) is 6.09. The summed E-state index contributed by atoms with van der Waals surface area (Å²) in [6, 6.07) is 1.66. The summed E-state index contributed by atoms with van der Waals surface area (Å²) in [5.74, 6) is 0. The van der Waals surface area contributed by atoms with Crippen LogP contribution < -0.4 is 10.9 Å². The Morgan fingerprint density at radius 3 is 2.26 bits per heavy atom. The van der Waals surface area contributed by atoms with Gasteiger partial charge in [0.25, 0.3) is 5.56 Å². The average Bonchev–Trinajstić information content (AvgIpc) is 2.24. The first kappa shape index (κ1) is 15.8. The van der Waals surface area contributed by atoms with Gasteiger partial charge in [0.2, 0.25) is 0 Å². The van der Waals surface area contributed by atoms with Crippen LogP contribution in [-0.2, 0) is 12.7 Å². The number of nitrogens with zero attached hydrogens (tertiary/aromatic N) is 1. The van der Waals surface area contributed by atoms with Crippen molar-refractivity contribution in [2.24, 2.45) is 5.41 Å². The number of halogens is 3. The molecule has 0 saturated carbocycles. The van der Waals surface area contributed by atoms with Gasteiger partial charge in [-0.15, -0.1) is 0 Å². The topological polar surface area (TPSA) is 34.0 Å². The fourth-order valence-corrected chi connectivity index (χ4v) is 1.84. The van der Waals surface area contributed by atoms with Crippen molar-refractivity contribution in [1.29, 1.82) is 0 Å². The molecule has 0 aliphatic rings. The molecule has 0 amide bonds. The minimum Gasteiger partial charge on any atom is -0.315 e. The van der Waals surface area contributed by atoms with Crippen LogP contribution in [0.25, 0.3) is 0 Å². The lowest BCUT2D eigenvalue weighted by Gasteiger charge is -2.31. The van der Waals surface area contributed by atoms with Gasteiger partial charge in [0.05, 0.1) is 5.56 Å². The molecule has 1 atom stereocenters. The zero-order valence-electron chi connectivity index (χ0n) is 11.5. The lowest BCUT2D eigenvalue weighted by molar-refractivity contribution is -0.138. The maximum absolute atomic E-state index is 12.6. The number of alkyl halides is 3. The number of rotatable bonds is 3. The Labute approximate surface area is 110 Å². The third-order valence-corrected chi connectivity index (χ3v) is 3.08. The minimum atomic E-state index is -4.44. The van der Waals surface area contributed by atoms with E-state index in [9.17, 15) is 18.0 Å². The van der Waals surface area contributed by atoms with E-state index in [1.165, 1.54) is 0 Å². The smallest absolute Gasteiger partial charge is 0.315 e. The Balaban J connectivity index is 3.10. The molecule has 1 rings (SSSR count).